The molecule has 2 aromatic heterocycles. The third-order valence-corrected chi connectivity index (χ3v) is 5.23. The molecule has 0 N–H and O–H groups in total. The second-order valence-corrected chi connectivity index (χ2v) is 6.88. The molecule has 2 aliphatic rings. The van der Waals surface area contributed by atoms with E-state index >= 15 is 0 Å². The fourth-order valence-electron chi connectivity index (χ4n) is 3.74. The third-order valence-electron chi connectivity index (χ3n) is 5.23. The lowest BCUT2D eigenvalue weighted by Crippen LogP contribution is -2.51. The molecule has 1 amide bonds. The summed E-state index contributed by atoms with van der Waals surface area (Å²) in [7, 11) is 1.66. The van der Waals surface area contributed by atoms with Crippen molar-refractivity contribution >= 4 is 11.9 Å². The van der Waals surface area contributed by atoms with Crippen molar-refractivity contribution in [2.75, 3.05) is 31.1 Å². The summed E-state index contributed by atoms with van der Waals surface area (Å²) in [5.74, 6) is 0.842. The molecule has 1 aliphatic carbocycles. The summed E-state index contributed by atoms with van der Waals surface area (Å²) in [5.41, 5.74) is 1.75. The van der Waals surface area contributed by atoms with E-state index in [2.05, 4.69) is 20.0 Å². The summed E-state index contributed by atoms with van der Waals surface area (Å²) < 4.78 is 1.37. The van der Waals surface area contributed by atoms with Crippen LogP contribution in [0.5, 0.6) is 0 Å². The second kappa shape index (κ2) is 6.86. The van der Waals surface area contributed by atoms with Gasteiger partial charge in [-0.1, -0.05) is 0 Å². The Morgan fingerprint density at radius 3 is 2.62 bits per heavy atom. The first kappa shape index (κ1) is 16.7. The lowest BCUT2D eigenvalue weighted by atomic mass is 9.86. The fraction of sp³-hybridized carbons (Fsp3) is 0.500. The Morgan fingerprint density at radius 2 is 1.88 bits per heavy atom. The van der Waals surface area contributed by atoms with Crippen LogP contribution >= 0.6 is 0 Å². The van der Waals surface area contributed by atoms with Crippen LogP contribution in [-0.2, 0) is 24.7 Å². The molecule has 4 rings (SSSR count). The lowest BCUT2D eigenvalue weighted by Gasteiger charge is -2.37. The normalized spacial score (nSPS) is 20.0. The van der Waals surface area contributed by atoms with Gasteiger partial charge in [0.25, 0.3) is 5.56 Å². The van der Waals surface area contributed by atoms with Gasteiger partial charge in [0.2, 0.25) is 11.9 Å². The van der Waals surface area contributed by atoms with Crippen LogP contribution in [0.15, 0.2) is 29.3 Å². The molecule has 0 aromatic carbocycles. The molecule has 0 saturated carbocycles. The number of fused-ring (bicyclic) bond motifs is 1. The number of anilines is 1. The van der Waals surface area contributed by atoms with Gasteiger partial charge in [0.1, 0.15) is 0 Å². The Balaban J connectivity index is 1.40. The number of hydrogen-bond acceptors (Lipinski definition) is 6. The van der Waals surface area contributed by atoms with E-state index in [-0.39, 0.29) is 17.4 Å². The van der Waals surface area contributed by atoms with E-state index in [1.165, 1.54) is 4.68 Å². The standard InChI is InChI=1S/C18H22N6O2/c1-22-16(25)12-14-11-13(3-4-15(14)21-22)17(26)23-7-9-24(10-8-23)18-19-5-2-6-20-18/h2,5-6,12-13H,3-4,7-11H2,1H3/t13-/m1/s1. The number of piperazine rings is 1. The molecule has 1 fully saturated rings. The van der Waals surface area contributed by atoms with E-state index in [0.29, 0.717) is 25.5 Å². The number of amides is 1. The maximum atomic E-state index is 12.9. The molecule has 1 saturated heterocycles. The average Bonchev–Trinajstić information content (AvgIpc) is 2.69. The largest absolute Gasteiger partial charge is 0.339 e. The molecule has 0 bridgehead atoms. The van der Waals surface area contributed by atoms with E-state index < -0.39 is 0 Å². The van der Waals surface area contributed by atoms with Crippen molar-refractivity contribution in [2.24, 2.45) is 13.0 Å². The lowest BCUT2D eigenvalue weighted by molar-refractivity contribution is -0.136. The van der Waals surface area contributed by atoms with E-state index in [1.807, 2.05) is 4.90 Å². The Morgan fingerprint density at radius 1 is 1.15 bits per heavy atom. The molecule has 136 valence electrons. The molecule has 0 radical (unpaired) electrons. The maximum absolute atomic E-state index is 12.9. The smallest absolute Gasteiger partial charge is 0.266 e. The summed E-state index contributed by atoms with van der Waals surface area (Å²) >= 11 is 0. The summed E-state index contributed by atoms with van der Waals surface area (Å²) in [6.45, 7) is 2.83. The molecule has 1 aliphatic heterocycles. The van der Waals surface area contributed by atoms with Gasteiger partial charge in [-0.25, -0.2) is 14.6 Å². The van der Waals surface area contributed by atoms with Crippen LogP contribution in [0, 0.1) is 5.92 Å². The van der Waals surface area contributed by atoms with Crippen molar-refractivity contribution in [2.45, 2.75) is 19.3 Å². The van der Waals surface area contributed by atoms with Crippen LogP contribution in [0.2, 0.25) is 0 Å². The molecular weight excluding hydrogens is 332 g/mol. The molecule has 0 unspecified atom stereocenters. The number of aromatic nitrogens is 4. The maximum Gasteiger partial charge on any atom is 0.266 e. The topological polar surface area (TPSA) is 84.2 Å². The van der Waals surface area contributed by atoms with Crippen molar-refractivity contribution in [1.29, 1.82) is 0 Å². The highest BCUT2D eigenvalue weighted by Crippen LogP contribution is 2.25. The van der Waals surface area contributed by atoms with Gasteiger partial charge in [0.05, 0.1) is 5.69 Å². The Hall–Kier alpha value is -2.77. The highest BCUT2D eigenvalue weighted by atomic mass is 16.2. The van der Waals surface area contributed by atoms with Gasteiger partial charge in [-0.3, -0.25) is 9.59 Å². The van der Waals surface area contributed by atoms with Gasteiger partial charge in [-0.05, 0) is 30.9 Å². The predicted octanol–water partition coefficient (Wildman–Crippen LogP) is 0.0240. The minimum Gasteiger partial charge on any atom is -0.339 e. The molecule has 3 heterocycles. The first-order chi connectivity index (χ1) is 12.6. The number of carbonyl (C=O) groups is 1. The van der Waals surface area contributed by atoms with Crippen molar-refractivity contribution in [3.05, 3.63) is 46.1 Å². The molecular formula is C18H22N6O2. The summed E-state index contributed by atoms with van der Waals surface area (Å²) in [6, 6.07) is 3.43. The number of aryl methyl sites for hydroxylation is 2. The zero-order chi connectivity index (χ0) is 18.1. The van der Waals surface area contributed by atoms with Gasteiger partial charge in [-0.15, -0.1) is 0 Å². The molecule has 2 aromatic rings. The number of rotatable bonds is 2. The van der Waals surface area contributed by atoms with Crippen molar-refractivity contribution in [3.63, 3.8) is 0 Å². The monoisotopic (exact) mass is 354 g/mol. The van der Waals surface area contributed by atoms with E-state index in [1.54, 1.807) is 31.6 Å². The predicted molar refractivity (Wildman–Crippen MR) is 95.8 cm³/mol. The number of nitrogens with zero attached hydrogens (tertiary/aromatic N) is 6. The quantitative estimate of drug-likeness (QED) is 0.756. The molecule has 1 atom stereocenters. The van der Waals surface area contributed by atoms with Gasteiger partial charge in [0.15, 0.2) is 0 Å². The number of hydrogen-bond donors (Lipinski definition) is 0. The van der Waals surface area contributed by atoms with E-state index in [4.69, 9.17) is 0 Å². The van der Waals surface area contributed by atoms with Crippen molar-refractivity contribution < 1.29 is 4.79 Å². The van der Waals surface area contributed by atoms with Gasteiger partial charge in [0, 0.05) is 57.6 Å². The summed E-state index contributed by atoms with van der Waals surface area (Å²) in [4.78, 5) is 37.3. The van der Waals surface area contributed by atoms with Crippen molar-refractivity contribution in [3.8, 4) is 0 Å². The fourth-order valence-corrected chi connectivity index (χ4v) is 3.74. The summed E-state index contributed by atoms with van der Waals surface area (Å²) in [6.07, 6.45) is 5.62. The van der Waals surface area contributed by atoms with Crippen molar-refractivity contribution in [1.82, 2.24) is 24.6 Å². The average molecular weight is 354 g/mol. The van der Waals surface area contributed by atoms with Crippen LogP contribution in [0.1, 0.15) is 17.7 Å². The number of carbonyl (C=O) groups excluding carboxylic acids is 1. The van der Waals surface area contributed by atoms with E-state index in [9.17, 15) is 9.59 Å². The van der Waals surface area contributed by atoms with Crippen LogP contribution in [0.4, 0.5) is 5.95 Å². The van der Waals surface area contributed by atoms with Crippen LogP contribution in [0.3, 0.4) is 0 Å². The molecule has 8 nitrogen and oxygen atoms in total. The first-order valence-corrected chi connectivity index (χ1v) is 8.98. The zero-order valence-corrected chi connectivity index (χ0v) is 14.8. The van der Waals surface area contributed by atoms with Gasteiger partial charge >= 0.3 is 0 Å². The Bertz CT molecular complexity index is 858. The first-order valence-electron chi connectivity index (χ1n) is 8.98. The van der Waals surface area contributed by atoms with Crippen LogP contribution in [-0.4, -0.2) is 56.7 Å². The highest BCUT2D eigenvalue weighted by molar-refractivity contribution is 5.79. The Labute approximate surface area is 151 Å². The highest BCUT2D eigenvalue weighted by Gasteiger charge is 2.31. The van der Waals surface area contributed by atoms with Crippen LogP contribution < -0.4 is 10.5 Å². The Kier molecular flexibility index (Phi) is 4.40. The van der Waals surface area contributed by atoms with Crippen LogP contribution in [0.25, 0.3) is 0 Å². The zero-order valence-electron chi connectivity index (χ0n) is 14.8. The molecule has 8 heteroatoms. The van der Waals surface area contributed by atoms with E-state index in [0.717, 1.165) is 37.2 Å². The molecule has 26 heavy (non-hydrogen) atoms. The third kappa shape index (κ3) is 3.18. The summed E-state index contributed by atoms with van der Waals surface area (Å²) in [5, 5.41) is 4.32. The van der Waals surface area contributed by atoms with Gasteiger partial charge in [-0.2, -0.15) is 5.10 Å². The minimum atomic E-state index is -0.117. The molecule has 0 spiro atoms. The SMILES string of the molecule is Cn1nc2c(cc1=O)C[C@H](C(=O)N1CCN(c3ncccn3)CC1)CC2. The van der Waals surface area contributed by atoms with Gasteiger partial charge < -0.3 is 9.80 Å². The minimum absolute atomic E-state index is 0.0593. The second-order valence-electron chi connectivity index (χ2n) is 6.88.